The smallest absolute Gasteiger partial charge is 0.426 e. The van der Waals surface area contributed by atoms with Crippen LogP contribution in [0.25, 0.3) is 0 Å². The molecule has 0 unspecified atom stereocenters. The minimum Gasteiger partial charge on any atom is -0.426 e. The fourth-order valence-electron chi connectivity index (χ4n) is 2.11. The molecule has 10 heteroatoms. The van der Waals surface area contributed by atoms with E-state index in [4.69, 9.17) is 18.9 Å². The molecule has 0 spiro atoms. The summed E-state index contributed by atoms with van der Waals surface area (Å²) in [6.45, 7) is 4.93. The van der Waals surface area contributed by atoms with E-state index >= 15 is 0 Å². The first-order valence-electron chi connectivity index (χ1n) is 7.88. The summed E-state index contributed by atoms with van der Waals surface area (Å²) in [4.78, 5) is 36.0. The van der Waals surface area contributed by atoms with Gasteiger partial charge in [0.2, 0.25) is 11.2 Å². The summed E-state index contributed by atoms with van der Waals surface area (Å²) in [6.07, 6.45) is -0.433. The normalized spacial score (nSPS) is 13.0. The molecule has 1 aliphatic heterocycles. The highest BCUT2D eigenvalue weighted by atomic mass is 16.7. The summed E-state index contributed by atoms with van der Waals surface area (Å²) in [7, 11) is 0. The molecule has 0 saturated carbocycles. The Morgan fingerprint density at radius 3 is 2.56 bits per heavy atom. The molecule has 1 aromatic rings. The topological polar surface area (TPSA) is 117 Å². The minimum atomic E-state index is -1.12. The number of amides is 1. The number of ether oxygens (including phenoxy) is 4. The fraction of sp³-hybridized carbons (Fsp3) is 0.533. The lowest BCUT2D eigenvalue weighted by molar-refractivity contribution is -0.0362. The third-order valence-electron chi connectivity index (χ3n) is 3.23. The first-order chi connectivity index (χ1) is 12.1. The van der Waals surface area contributed by atoms with Crippen LogP contribution in [0.15, 0.2) is 17.1 Å². The zero-order valence-corrected chi connectivity index (χ0v) is 14.1. The van der Waals surface area contributed by atoms with Crippen molar-refractivity contribution in [2.45, 2.75) is 20.0 Å². The van der Waals surface area contributed by atoms with Gasteiger partial charge in [0.1, 0.15) is 6.67 Å². The average Bonchev–Trinajstić information content (AvgIpc) is 2.60. The molecular weight excluding hydrogens is 334 g/mol. The van der Waals surface area contributed by atoms with Gasteiger partial charge < -0.3 is 29.7 Å². The first-order valence-corrected chi connectivity index (χ1v) is 7.88. The Bertz CT molecular complexity index is 666. The summed E-state index contributed by atoms with van der Waals surface area (Å²) < 4.78 is 21.9. The van der Waals surface area contributed by atoms with Crippen molar-refractivity contribution >= 4 is 12.1 Å². The second-order valence-electron chi connectivity index (χ2n) is 4.98. The molecule has 0 aliphatic carbocycles. The van der Waals surface area contributed by atoms with E-state index < -0.39 is 29.3 Å². The van der Waals surface area contributed by atoms with E-state index in [1.54, 1.807) is 13.8 Å². The fourth-order valence-corrected chi connectivity index (χ4v) is 2.11. The van der Waals surface area contributed by atoms with Gasteiger partial charge in [-0.25, -0.2) is 4.79 Å². The number of aromatic nitrogens is 1. The molecule has 1 amide bonds. The van der Waals surface area contributed by atoms with E-state index in [1.165, 1.54) is 16.9 Å². The van der Waals surface area contributed by atoms with Gasteiger partial charge in [-0.1, -0.05) is 0 Å². The molecule has 25 heavy (non-hydrogen) atoms. The number of nitrogens with one attached hydrogen (secondary N) is 2. The van der Waals surface area contributed by atoms with Crippen molar-refractivity contribution in [3.05, 3.63) is 28.2 Å². The number of rotatable bonds is 8. The van der Waals surface area contributed by atoms with E-state index in [2.05, 4.69) is 10.7 Å². The molecule has 0 bridgehead atoms. The Morgan fingerprint density at radius 1 is 1.24 bits per heavy atom. The van der Waals surface area contributed by atoms with Gasteiger partial charge >= 0.3 is 6.16 Å². The van der Waals surface area contributed by atoms with Crippen LogP contribution in [-0.2, 0) is 14.2 Å². The van der Waals surface area contributed by atoms with E-state index in [1.807, 2.05) is 0 Å². The van der Waals surface area contributed by atoms with Gasteiger partial charge in [0.05, 0.1) is 13.2 Å². The molecule has 2 rings (SSSR count). The summed E-state index contributed by atoms with van der Waals surface area (Å²) in [5, 5.41) is 2.49. The van der Waals surface area contributed by atoms with Crippen LogP contribution in [0.3, 0.4) is 0 Å². The number of carbonyl (C=O) groups excluding carboxylic acids is 2. The SMILES string of the molecule is CCOCC(COCC)OC(=O)Oc1c2n(ccc1=O)NCNC2=O. The van der Waals surface area contributed by atoms with Gasteiger partial charge in [-0.3, -0.25) is 14.3 Å². The molecule has 0 aromatic carbocycles. The lowest BCUT2D eigenvalue weighted by Gasteiger charge is -2.23. The molecule has 138 valence electrons. The Morgan fingerprint density at radius 2 is 1.92 bits per heavy atom. The molecule has 0 atom stereocenters. The molecule has 1 aromatic heterocycles. The molecule has 2 N–H and O–H groups in total. The standard InChI is InChI=1S/C15H21N3O7/c1-3-22-7-10(8-23-4-2)24-15(21)25-13-11(19)5-6-18-12(13)14(20)16-9-17-18/h5-6,10,17H,3-4,7-9H2,1-2H3,(H,16,20). The van der Waals surface area contributed by atoms with Gasteiger partial charge in [-0.05, 0) is 13.8 Å². The Labute approximate surface area is 144 Å². The average molecular weight is 355 g/mol. The van der Waals surface area contributed by atoms with E-state index in [9.17, 15) is 14.4 Å². The van der Waals surface area contributed by atoms with Crippen LogP contribution >= 0.6 is 0 Å². The third kappa shape index (κ3) is 4.94. The van der Waals surface area contributed by atoms with Crippen molar-refractivity contribution in [2.75, 3.05) is 38.5 Å². The van der Waals surface area contributed by atoms with Crippen LogP contribution in [0, 0.1) is 0 Å². The maximum Gasteiger partial charge on any atom is 0.514 e. The number of carbonyl (C=O) groups is 2. The number of pyridine rings is 1. The zero-order valence-electron chi connectivity index (χ0n) is 14.1. The van der Waals surface area contributed by atoms with Gasteiger partial charge in [0.15, 0.2) is 11.8 Å². The zero-order chi connectivity index (χ0) is 18.2. The maximum absolute atomic E-state index is 12.0. The maximum atomic E-state index is 12.0. The van der Waals surface area contributed by atoms with E-state index in [0.29, 0.717) is 13.2 Å². The van der Waals surface area contributed by atoms with Gasteiger partial charge in [-0.2, -0.15) is 0 Å². The highest BCUT2D eigenvalue weighted by molar-refractivity contribution is 5.96. The van der Waals surface area contributed by atoms with Crippen molar-refractivity contribution in [1.29, 1.82) is 0 Å². The Balaban J connectivity index is 2.11. The van der Waals surface area contributed by atoms with Crippen molar-refractivity contribution in [3.8, 4) is 5.75 Å². The Hall–Kier alpha value is -2.59. The summed E-state index contributed by atoms with van der Waals surface area (Å²) >= 11 is 0. The number of hydrogen-bond donors (Lipinski definition) is 2. The largest absolute Gasteiger partial charge is 0.514 e. The van der Waals surface area contributed by atoms with Crippen LogP contribution in [0.2, 0.25) is 0 Å². The number of hydrogen-bond acceptors (Lipinski definition) is 8. The second kappa shape index (κ2) is 9.04. The van der Waals surface area contributed by atoms with E-state index in [0.717, 1.165) is 0 Å². The van der Waals surface area contributed by atoms with Crippen LogP contribution in [-0.4, -0.2) is 55.9 Å². The molecule has 10 nitrogen and oxygen atoms in total. The van der Waals surface area contributed by atoms with Crippen molar-refractivity contribution < 1.29 is 28.5 Å². The summed E-state index contributed by atoms with van der Waals surface area (Å²) in [5.41, 5.74) is 2.08. The highest BCUT2D eigenvalue weighted by Gasteiger charge is 2.26. The lowest BCUT2D eigenvalue weighted by Crippen LogP contribution is -2.43. The first kappa shape index (κ1) is 18.7. The minimum absolute atomic E-state index is 0.109. The van der Waals surface area contributed by atoms with Crippen molar-refractivity contribution in [2.24, 2.45) is 0 Å². The second-order valence-corrected chi connectivity index (χ2v) is 4.98. The van der Waals surface area contributed by atoms with Gasteiger partial charge in [0.25, 0.3) is 5.91 Å². The van der Waals surface area contributed by atoms with Crippen LogP contribution < -0.4 is 20.9 Å². The molecule has 1 aliphatic rings. The van der Waals surface area contributed by atoms with E-state index in [-0.39, 0.29) is 25.6 Å². The number of fused-ring (bicyclic) bond motifs is 1. The predicted molar refractivity (Wildman–Crippen MR) is 86.3 cm³/mol. The number of nitrogens with zero attached hydrogens (tertiary/aromatic N) is 1. The molecule has 0 fully saturated rings. The predicted octanol–water partition coefficient (Wildman–Crippen LogP) is 0.0497. The van der Waals surface area contributed by atoms with Crippen LogP contribution in [0.4, 0.5) is 4.79 Å². The van der Waals surface area contributed by atoms with Crippen molar-refractivity contribution in [3.63, 3.8) is 0 Å². The van der Waals surface area contributed by atoms with Crippen LogP contribution in [0.1, 0.15) is 24.3 Å². The highest BCUT2D eigenvalue weighted by Crippen LogP contribution is 2.15. The monoisotopic (exact) mass is 355 g/mol. The van der Waals surface area contributed by atoms with Crippen molar-refractivity contribution in [1.82, 2.24) is 9.99 Å². The molecule has 0 saturated heterocycles. The molecule has 0 radical (unpaired) electrons. The summed E-state index contributed by atoms with van der Waals surface area (Å²) in [5.74, 6) is -0.955. The lowest BCUT2D eigenvalue weighted by atomic mass is 10.3. The summed E-state index contributed by atoms with van der Waals surface area (Å²) in [6, 6.07) is 1.18. The van der Waals surface area contributed by atoms with Gasteiger partial charge in [0, 0.05) is 25.5 Å². The van der Waals surface area contributed by atoms with Gasteiger partial charge in [-0.15, -0.1) is 0 Å². The molecule has 2 heterocycles. The quantitative estimate of drug-likeness (QED) is 0.628. The molecular formula is C15H21N3O7. The Kier molecular flexibility index (Phi) is 6.78. The third-order valence-corrected chi connectivity index (χ3v) is 3.23. The van der Waals surface area contributed by atoms with Crippen LogP contribution in [0.5, 0.6) is 5.75 Å².